The van der Waals surface area contributed by atoms with Crippen molar-refractivity contribution in [2.75, 3.05) is 0 Å². The smallest absolute Gasteiger partial charge is 0.325 e. The van der Waals surface area contributed by atoms with Gasteiger partial charge in [0.05, 0.1) is 12.5 Å². The van der Waals surface area contributed by atoms with Crippen molar-refractivity contribution >= 4 is 5.91 Å². The molecule has 1 aliphatic carbocycles. The molecule has 9 heteroatoms. The Morgan fingerprint density at radius 1 is 1.36 bits per heavy atom. The normalized spacial score (nSPS) is 16.1. The number of hydrogen-bond acceptors (Lipinski definition) is 5. The van der Waals surface area contributed by atoms with Crippen LogP contribution in [-0.4, -0.2) is 30.6 Å². The van der Waals surface area contributed by atoms with Crippen LogP contribution in [0.15, 0.2) is 15.9 Å². The average molecular weight is 346 g/mol. The molecule has 0 unspecified atom stereocenters. The zero-order valence-corrected chi connectivity index (χ0v) is 14.3. The molecule has 0 spiro atoms. The van der Waals surface area contributed by atoms with E-state index in [1.165, 1.54) is 12.8 Å². The number of aromatic amines is 2. The van der Waals surface area contributed by atoms with Crippen LogP contribution >= 0.6 is 0 Å². The van der Waals surface area contributed by atoms with Crippen molar-refractivity contribution in [3.8, 4) is 0 Å². The van der Waals surface area contributed by atoms with E-state index >= 15 is 0 Å². The standard InChI is InChI=1S/C16H22N6O3/c1-9-12(15(24)20-16(25)19-9)7-13(23)18-10(2)14-21-17-8-22(14)11-5-3-4-6-11/h8,10-11H,3-7H2,1-2H3,(H,18,23)(H2,19,20,24,25)/t10-/m0/s1. The van der Waals surface area contributed by atoms with Gasteiger partial charge >= 0.3 is 5.69 Å². The minimum atomic E-state index is -0.579. The predicted molar refractivity (Wildman–Crippen MR) is 90.2 cm³/mol. The molecular formula is C16H22N6O3. The van der Waals surface area contributed by atoms with Gasteiger partial charge in [-0.25, -0.2) is 4.79 Å². The molecule has 0 aromatic carbocycles. The maximum absolute atomic E-state index is 12.3. The number of carbonyl (C=O) groups is 1. The van der Waals surface area contributed by atoms with Crippen molar-refractivity contribution < 1.29 is 4.79 Å². The van der Waals surface area contributed by atoms with Gasteiger partial charge in [0.2, 0.25) is 5.91 Å². The molecule has 0 radical (unpaired) electrons. The van der Waals surface area contributed by atoms with E-state index in [9.17, 15) is 14.4 Å². The van der Waals surface area contributed by atoms with Crippen LogP contribution in [0.3, 0.4) is 0 Å². The van der Waals surface area contributed by atoms with Crippen molar-refractivity contribution in [2.24, 2.45) is 0 Å². The lowest BCUT2D eigenvalue weighted by Crippen LogP contribution is -2.34. The topological polar surface area (TPSA) is 126 Å². The van der Waals surface area contributed by atoms with E-state index in [-0.39, 0.29) is 23.9 Å². The van der Waals surface area contributed by atoms with E-state index in [2.05, 4.69) is 25.5 Å². The molecule has 0 bridgehead atoms. The van der Waals surface area contributed by atoms with Crippen LogP contribution in [-0.2, 0) is 11.2 Å². The summed E-state index contributed by atoms with van der Waals surface area (Å²) in [4.78, 5) is 40.0. The molecule has 1 amide bonds. The summed E-state index contributed by atoms with van der Waals surface area (Å²) < 4.78 is 2.04. The van der Waals surface area contributed by atoms with Crippen LogP contribution in [0.5, 0.6) is 0 Å². The second-order valence-corrected chi connectivity index (χ2v) is 6.51. The molecule has 0 saturated heterocycles. The fraction of sp³-hybridized carbons (Fsp3) is 0.562. The van der Waals surface area contributed by atoms with Crippen LogP contribution in [0.25, 0.3) is 0 Å². The van der Waals surface area contributed by atoms with E-state index in [1.807, 2.05) is 11.5 Å². The highest BCUT2D eigenvalue weighted by atomic mass is 16.2. The van der Waals surface area contributed by atoms with Gasteiger partial charge < -0.3 is 14.9 Å². The first kappa shape index (κ1) is 17.1. The Hall–Kier alpha value is -2.71. The first-order valence-electron chi connectivity index (χ1n) is 8.46. The van der Waals surface area contributed by atoms with Gasteiger partial charge in [0.25, 0.3) is 5.56 Å². The summed E-state index contributed by atoms with van der Waals surface area (Å²) in [5, 5.41) is 11.0. The first-order valence-corrected chi connectivity index (χ1v) is 8.46. The Balaban J connectivity index is 1.71. The van der Waals surface area contributed by atoms with Gasteiger partial charge in [-0.1, -0.05) is 12.8 Å². The predicted octanol–water partition coefficient (Wildman–Crippen LogP) is 0.498. The van der Waals surface area contributed by atoms with Gasteiger partial charge in [-0.15, -0.1) is 10.2 Å². The van der Waals surface area contributed by atoms with Crippen LogP contribution < -0.4 is 16.6 Å². The lowest BCUT2D eigenvalue weighted by molar-refractivity contribution is -0.121. The fourth-order valence-corrected chi connectivity index (χ4v) is 3.38. The number of aryl methyl sites for hydroxylation is 1. The molecular weight excluding hydrogens is 324 g/mol. The first-order chi connectivity index (χ1) is 12.0. The van der Waals surface area contributed by atoms with Crippen molar-refractivity contribution in [3.63, 3.8) is 0 Å². The monoisotopic (exact) mass is 346 g/mol. The second-order valence-electron chi connectivity index (χ2n) is 6.51. The van der Waals surface area contributed by atoms with Crippen LogP contribution in [0.1, 0.15) is 61.8 Å². The molecule has 2 heterocycles. The highest BCUT2D eigenvalue weighted by Gasteiger charge is 2.23. The molecule has 25 heavy (non-hydrogen) atoms. The van der Waals surface area contributed by atoms with Crippen LogP contribution in [0.2, 0.25) is 0 Å². The second kappa shape index (κ2) is 7.04. The Morgan fingerprint density at radius 2 is 2.08 bits per heavy atom. The van der Waals surface area contributed by atoms with Crippen molar-refractivity contribution in [2.45, 2.75) is 58.0 Å². The Kier molecular flexibility index (Phi) is 4.82. The summed E-state index contributed by atoms with van der Waals surface area (Å²) >= 11 is 0. The van der Waals surface area contributed by atoms with Gasteiger partial charge in [-0.2, -0.15) is 0 Å². The largest absolute Gasteiger partial charge is 0.346 e. The van der Waals surface area contributed by atoms with Crippen molar-refractivity contribution in [1.29, 1.82) is 0 Å². The maximum atomic E-state index is 12.3. The van der Waals surface area contributed by atoms with E-state index in [4.69, 9.17) is 0 Å². The molecule has 3 rings (SSSR count). The van der Waals surface area contributed by atoms with E-state index in [1.54, 1.807) is 13.3 Å². The number of carbonyl (C=O) groups excluding carboxylic acids is 1. The third kappa shape index (κ3) is 3.70. The summed E-state index contributed by atoms with van der Waals surface area (Å²) in [5.41, 5.74) is -0.477. The summed E-state index contributed by atoms with van der Waals surface area (Å²) in [5.74, 6) is 0.404. The molecule has 0 aliphatic heterocycles. The molecule has 1 saturated carbocycles. The number of nitrogens with one attached hydrogen (secondary N) is 3. The summed E-state index contributed by atoms with van der Waals surface area (Å²) in [7, 11) is 0. The Bertz CT molecular complexity index is 874. The molecule has 3 N–H and O–H groups in total. The summed E-state index contributed by atoms with van der Waals surface area (Å²) in [6, 6.07) is 0.0615. The number of H-pyrrole nitrogens is 2. The number of amides is 1. The zero-order valence-electron chi connectivity index (χ0n) is 14.3. The van der Waals surface area contributed by atoms with Gasteiger partial charge in [-0.3, -0.25) is 14.6 Å². The molecule has 1 fully saturated rings. The summed E-state index contributed by atoms with van der Waals surface area (Å²) in [6.07, 6.45) is 6.18. The Morgan fingerprint density at radius 3 is 2.76 bits per heavy atom. The minimum Gasteiger partial charge on any atom is -0.346 e. The van der Waals surface area contributed by atoms with Crippen molar-refractivity contribution in [1.82, 2.24) is 30.0 Å². The van der Waals surface area contributed by atoms with Gasteiger partial charge in [0.1, 0.15) is 6.33 Å². The number of hydrogen-bond donors (Lipinski definition) is 3. The van der Waals surface area contributed by atoms with Gasteiger partial charge in [0, 0.05) is 17.3 Å². The number of rotatable bonds is 5. The number of nitrogens with zero attached hydrogens (tertiary/aromatic N) is 3. The Labute approximate surface area is 143 Å². The molecule has 2 aromatic heterocycles. The maximum Gasteiger partial charge on any atom is 0.325 e. The number of aromatic nitrogens is 5. The average Bonchev–Trinajstić information content (AvgIpc) is 3.20. The van der Waals surface area contributed by atoms with Gasteiger partial charge in [-0.05, 0) is 26.7 Å². The zero-order chi connectivity index (χ0) is 18.0. The molecule has 1 aliphatic rings. The van der Waals surface area contributed by atoms with Crippen LogP contribution in [0, 0.1) is 6.92 Å². The fourth-order valence-electron chi connectivity index (χ4n) is 3.38. The van der Waals surface area contributed by atoms with Gasteiger partial charge in [0.15, 0.2) is 5.82 Å². The summed E-state index contributed by atoms with van der Waals surface area (Å²) in [6.45, 7) is 3.44. The van der Waals surface area contributed by atoms with Crippen molar-refractivity contribution in [3.05, 3.63) is 44.2 Å². The van der Waals surface area contributed by atoms with E-state index in [0.717, 1.165) is 12.8 Å². The minimum absolute atomic E-state index is 0.111. The van der Waals surface area contributed by atoms with E-state index in [0.29, 0.717) is 17.6 Å². The molecule has 1 atom stereocenters. The third-order valence-corrected chi connectivity index (χ3v) is 4.68. The lowest BCUT2D eigenvalue weighted by Gasteiger charge is -2.18. The lowest BCUT2D eigenvalue weighted by atomic mass is 10.1. The third-order valence-electron chi connectivity index (χ3n) is 4.68. The van der Waals surface area contributed by atoms with Crippen LogP contribution in [0.4, 0.5) is 0 Å². The molecule has 134 valence electrons. The SMILES string of the molecule is Cc1[nH]c(=O)[nH]c(=O)c1CC(=O)N[C@@H](C)c1nncn1C1CCCC1. The molecule has 2 aromatic rings. The van der Waals surface area contributed by atoms with E-state index < -0.39 is 11.2 Å². The highest BCUT2D eigenvalue weighted by molar-refractivity contribution is 5.79. The molecule has 9 nitrogen and oxygen atoms in total. The highest BCUT2D eigenvalue weighted by Crippen LogP contribution is 2.31. The quantitative estimate of drug-likeness (QED) is 0.727.